The number of anilines is 1. The highest BCUT2D eigenvalue weighted by Crippen LogP contribution is 2.25. The van der Waals surface area contributed by atoms with E-state index in [1.807, 2.05) is 45.0 Å². The molecule has 0 atom stereocenters. The average molecular weight is 249 g/mol. The Balaban J connectivity index is 1.91. The molecule has 4 nitrogen and oxygen atoms in total. The lowest BCUT2D eigenvalue weighted by Crippen LogP contribution is -2.27. The summed E-state index contributed by atoms with van der Waals surface area (Å²) in [5.41, 5.74) is 1.51. The van der Waals surface area contributed by atoms with Crippen LogP contribution >= 0.6 is 0 Å². The molecule has 0 radical (unpaired) electrons. The number of carbonyl (C=O) groups excluding carboxylic acids is 1. The van der Waals surface area contributed by atoms with E-state index in [0.717, 1.165) is 18.9 Å². The van der Waals surface area contributed by atoms with Crippen LogP contribution in [0.25, 0.3) is 0 Å². The molecular formula is C14H19NO3. The number of amides is 1. The molecule has 1 amide bonds. The summed E-state index contributed by atoms with van der Waals surface area (Å²) >= 11 is 0. The monoisotopic (exact) mass is 249 g/mol. The van der Waals surface area contributed by atoms with Crippen LogP contribution in [0.1, 0.15) is 32.3 Å². The van der Waals surface area contributed by atoms with Gasteiger partial charge in [0.1, 0.15) is 5.60 Å². The average Bonchev–Trinajstić information content (AvgIpc) is 2.15. The summed E-state index contributed by atoms with van der Waals surface area (Å²) in [4.78, 5) is 11.6. The van der Waals surface area contributed by atoms with Crippen LogP contribution in [0.3, 0.4) is 0 Å². The van der Waals surface area contributed by atoms with E-state index >= 15 is 0 Å². The quantitative estimate of drug-likeness (QED) is 0.875. The highest BCUT2D eigenvalue weighted by molar-refractivity contribution is 5.84. The highest BCUT2D eigenvalue weighted by Gasteiger charge is 2.20. The van der Waals surface area contributed by atoms with Crippen molar-refractivity contribution in [2.24, 2.45) is 0 Å². The summed E-state index contributed by atoms with van der Waals surface area (Å²) in [5, 5.41) is 2.71. The zero-order valence-corrected chi connectivity index (χ0v) is 11.0. The van der Waals surface area contributed by atoms with Crippen molar-refractivity contribution in [1.82, 2.24) is 0 Å². The van der Waals surface area contributed by atoms with Gasteiger partial charge in [0.2, 0.25) is 0 Å². The first kappa shape index (κ1) is 12.9. The van der Waals surface area contributed by atoms with Crippen molar-refractivity contribution < 1.29 is 14.3 Å². The molecule has 98 valence electrons. The second kappa shape index (κ2) is 4.98. The van der Waals surface area contributed by atoms with E-state index < -0.39 is 11.7 Å². The molecule has 1 saturated heterocycles. The van der Waals surface area contributed by atoms with Gasteiger partial charge >= 0.3 is 6.09 Å². The van der Waals surface area contributed by atoms with E-state index in [0.29, 0.717) is 5.92 Å². The third-order valence-corrected chi connectivity index (χ3v) is 2.67. The maximum Gasteiger partial charge on any atom is 0.412 e. The fourth-order valence-corrected chi connectivity index (χ4v) is 1.69. The number of hydrogen-bond acceptors (Lipinski definition) is 3. The highest BCUT2D eigenvalue weighted by atomic mass is 16.6. The molecule has 1 aliphatic rings. The fraction of sp³-hybridized carbons (Fsp3) is 0.500. The zero-order valence-electron chi connectivity index (χ0n) is 11.0. The van der Waals surface area contributed by atoms with Gasteiger partial charge in [-0.15, -0.1) is 0 Å². The smallest absolute Gasteiger partial charge is 0.412 e. The van der Waals surface area contributed by atoms with Crippen molar-refractivity contribution in [3.05, 3.63) is 29.8 Å². The lowest BCUT2D eigenvalue weighted by atomic mass is 9.97. The standard InChI is InChI=1S/C14H19NO3/c1-14(2,3)18-13(16)15-12-6-4-10(5-7-12)11-8-17-9-11/h4-7,11H,8-9H2,1-3H3,(H,15,16). The van der Waals surface area contributed by atoms with Gasteiger partial charge in [0, 0.05) is 11.6 Å². The van der Waals surface area contributed by atoms with Crippen LogP contribution in [0.15, 0.2) is 24.3 Å². The van der Waals surface area contributed by atoms with Gasteiger partial charge in [-0.1, -0.05) is 12.1 Å². The predicted molar refractivity (Wildman–Crippen MR) is 69.9 cm³/mol. The maximum absolute atomic E-state index is 11.6. The van der Waals surface area contributed by atoms with Crippen molar-refractivity contribution in [3.63, 3.8) is 0 Å². The molecule has 0 aromatic heterocycles. The predicted octanol–water partition coefficient (Wildman–Crippen LogP) is 3.15. The lowest BCUT2D eigenvalue weighted by molar-refractivity contribution is 0.00842. The molecule has 0 spiro atoms. The summed E-state index contributed by atoms with van der Waals surface area (Å²) in [7, 11) is 0. The lowest BCUT2D eigenvalue weighted by Gasteiger charge is -2.26. The molecule has 4 heteroatoms. The Labute approximate surface area is 107 Å². The molecule has 1 N–H and O–H groups in total. The molecule has 1 heterocycles. The van der Waals surface area contributed by atoms with Gasteiger partial charge in [0.25, 0.3) is 0 Å². The third kappa shape index (κ3) is 3.47. The molecule has 1 fully saturated rings. The molecule has 2 rings (SSSR count). The molecular weight excluding hydrogens is 230 g/mol. The zero-order chi connectivity index (χ0) is 13.2. The first-order chi connectivity index (χ1) is 8.44. The molecule has 1 aromatic carbocycles. The van der Waals surface area contributed by atoms with Crippen molar-refractivity contribution in [2.45, 2.75) is 32.3 Å². The molecule has 18 heavy (non-hydrogen) atoms. The molecule has 1 aromatic rings. The van der Waals surface area contributed by atoms with Gasteiger partial charge in [-0.25, -0.2) is 4.79 Å². The van der Waals surface area contributed by atoms with Crippen LogP contribution in [0.2, 0.25) is 0 Å². The second-order valence-corrected chi connectivity index (χ2v) is 5.48. The SMILES string of the molecule is CC(C)(C)OC(=O)Nc1ccc(C2COC2)cc1. The number of ether oxygens (including phenoxy) is 2. The second-order valence-electron chi connectivity index (χ2n) is 5.48. The Morgan fingerprint density at radius 1 is 1.28 bits per heavy atom. The normalized spacial score (nSPS) is 15.9. The topological polar surface area (TPSA) is 47.6 Å². The number of hydrogen-bond donors (Lipinski definition) is 1. The molecule has 0 bridgehead atoms. The van der Waals surface area contributed by atoms with Gasteiger partial charge in [0.15, 0.2) is 0 Å². The summed E-state index contributed by atoms with van der Waals surface area (Å²) < 4.78 is 10.3. The Morgan fingerprint density at radius 2 is 1.89 bits per heavy atom. The van der Waals surface area contributed by atoms with E-state index in [2.05, 4.69) is 5.32 Å². The maximum atomic E-state index is 11.6. The van der Waals surface area contributed by atoms with Gasteiger partial charge in [-0.05, 0) is 38.5 Å². The minimum absolute atomic E-state index is 0.428. The van der Waals surface area contributed by atoms with Gasteiger partial charge < -0.3 is 9.47 Å². The number of rotatable bonds is 2. The van der Waals surface area contributed by atoms with Gasteiger partial charge in [-0.3, -0.25) is 5.32 Å². The Hall–Kier alpha value is -1.55. The summed E-state index contributed by atoms with van der Waals surface area (Å²) in [5.74, 6) is 0.501. The molecule has 0 saturated carbocycles. The van der Waals surface area contributed by atoms with E-state index in [-0.39, 0.29) is 0 Å². The minimum atomic E-state index is -0.479. The van der Waals surface area contributed by atoms with E-state index in [1.165, 1.54) is 5.56 Å². The van der Waals surface area contributed by atoms with Gasteiger partial charge in [-0.2, -0.15) is 0 Å². The van der Waals surface area contributed by atoms with Crippen LogP contribution < -0.4 is 5.32 Å². The summed E-state index contributed by atoms with van der Waals surface area (Å²) in [6, 6.07) is 7.80. The van der Waals surface area contributed by atoms with Crippen molar-refractivity contribution >= 4 is 11.8 Å². The van der Waals surface area contributed by atoms with Crippen LogP contribution in [0.4, 0.5) is 10.5 Å². The largest absolute Gasteiger partial charge is 0.444 e. The number of nitrogens with one attached hydrogen (secondary N) is 1. The van der Waals surface area contributed by atoms with E-state index in [9.17, 15) is 4.79 Å². The first-order valence-electron chi connectivity index (χ1n) is 6.12. The van der Waals surface area contributed by atoms with Crippen molar-refractivity contribution in [3.8, 4) is 0 Å². The Morgan fingerprint density at radius 3 is 2.33 bits per heavy atom. The van der Waals surface area contributed by atoms with Crippen molar-refractivity contribution in [1.29, 1.82) is 0 Å². The summed E-state index contributed by atoms with van der Waals surface area (Å²) in [6.07, 6.45) is -0.428. The van der Waals surface area contributed by atoms with E-state index in [1.54, 1.807) is 0 Å². The van der Waals surface area contributed by atoms with Crippen LogP contribution in [-0.2, 0) is 9.47 Å². The van der Waals surface area contributed by atoms with Crippen molar-refractivity contribution in [2.75, 3.05) is 18.5 Å². The molecule has 0 unspecified atom stereocenters. The van der Waals surface area contributed by atoms with E-state index in [4.69, 9.17) is 9.47 Å². The first-order valence-corrected chi connectivity index (χ1v) is 6.12. The van der Waals surface area contributed by atoms with Crippen LogP contribution in [-0.4, -0.2) is 24.9 Å². The van der Waals surface area contributed by atoms with Crippen LogP contribution in [0.5, 0.6) is 0 Å². The fourth-order valence-electron chi connectivity index (χ4n) is 1.69. The summed E-state index contributed by atoms with van der Waals surface area (Å²) in [6.45, 7) is 7.10. The van der Waals surface area contributed by atoms with Gasteiger partial charge in [0.05, 0.1) is 13.2 Å². The Bertz CT molecular complexity index is 416. The number of carbonyl (C=O) groups is 1. The third-order valence-electron chi connectivity index (χ3n) is 2.67. The minimum Gasteiger partial charge on any atom is -0.444 e. The van der Waals surface area contributed by atoms with Crippen LogP contribution in [0, 0.1) is 0 Å². The molecule has 1 aliphatic heterocycles. The Kier molecular flexibility index (Phi) is 3.57. The number of benzene rings is 1. The molecule has 0 aliphatic carbocycles.